The zero-order valence-electron chi connectivity index (χ0n) is 8.38. The fourth-order valence-corrected chi connectivity index (χ4v) is 1.38. The van der Waals surface area contributed by atoms with Crippen LogP contribution in [-0.4, -0.2) is 37.4 Å². The number of hydrogen-bond donors (Lipinski definition) is 2. The van der Waals surface area contributed by atoms with Gasteiger partial charge in [-0.05, 0) is 0 Å². The molecule has 0 aliphatic rings. The first-order chi connectivity index (χ1) is 7.24. The van der Waals surface area contributed by atoms with E-state index in [2.05, 4.69) is 20.5 Å². The van der Waals surface area contributed by atoms with Gasteiger partial charge in [0.2, 0.25) is 0 Å². The van der Waals surface area contributed by atoms with Crippen molar-refractivity contribution in [3.05, 3.63) is 23.8 Å². The van der Waals surface area contributed by atoms with Gasteiger partial charge in [-0.3, -0.25) is 4.68 Å². The minimum absolute atomic E-state index is 0.428. The van der Waals surface area contributed by atoms with Crippen molar-refractivity contribution in [2.45, 2.75) is 6.10 Å². The minimum atomic E-state index is -0.897. The molecule has 0 spiro atoms. The lowest BCUT2D eigenvalue weighted by molar-refractivity contribution is 0.199. The van der Waals surface area contributed by atoms with Gasteiger partial charge in [0.05, 0.1) is 19.5 Å². The second-order valence-electron chi connectivity index (χ2n) is 3.02. The van der Waals surface area contributed by atoms with Gasteiger partial charge in [0.25, 0.3) is 0 Å². The molecule has 2 N–H and O–H groups in total. The maximum Gasteiger partial charge on any atom is 0.163 e. The monoisotopic (exact) mass is 209 g/mol. The molecule has 0 aromatic carbocycles. The average Bonchev–Trinajstić information content (AvgIpc) is 2.85. The molecule has 15 heavy (non-hydrogen) atoms. The van der Waals surface area contributed by atoms with E-state index in [1.807, 2.05) is 0 Å². The number of aliphatic hydroxyl groups excluding tert-OH is 1. The second-order valence-corrected chi connectivity index (χ2v) is 3.02. The van der Waals surface area contributed by atoms with Gasteiger partial charge in [0, 0.05) is 7.05 Å². The van der Waals surface area contributed by atoms with Gasteiger partial charge in [0.1, 0.15) is 17.5 Å². The van der Waals surface area contributed by atoms with Crippen LogP contribution >= 0.6 is 0 Å². The molecule has 0 radical (unpaired) electrons. The van der Waals surface area contributed by atoms with E-state index >= 15 is 0 Å². The highest BCUT2D eigenvalue weighted by Crippen LogP contribution is 2.27. The molecule has 0 aliphatic carbocycles. The lowest BCUT2D eigenvalue weighted by atomic mass is 10.2. The Morgan fingerprint density at radius 3 is 2.93 bits per heavy atom. The molecule has 0 saturated heterocycles. The molecule has 0 aliphatic heterocycles. The number of hydrogen-bond acceptors (Lipinski definition) is 5. The number of ether oxygens (including phenoxy) is 1. The summed E-state index contributed by atoms with van der Waals surface area (Å²) in [5.74, 6) is 0.521. The van der Waals surface area contributed by atoms with Gasteiger partial charge in [-0.15, -0.1) is 0 Å². The number of rotatable bonds is 3. The highest BCUT2D eigenvalue weighted by molar-refractivity contribution is 5.31. The molecule has 80 valence electrons. The van der Waals surface area contributed by atoms with Crippen molar-refractivity contribution in [1.29, 1.82) is 0 Å². The van der Waals surface area contributed by atoms with E-state index in [-0.39, 0.29) is 0 Å². The predicted octanol–water partition coefficient (Wildman–Crippen LogP) is -0.372. The summed E-state index contributed by atoms with van der Waals surface area (Å²) in [4.78, 5) is 0. The number of nitrogens with zero attached hydrogens (tertiary/aromatic N) is 4. The smallest absolute Gasteiger partial charge is 0.163 e. The van der Waals surface area contributed by atoms with Crippen LogP contribution in [0.2, 0.25) is 0 Å². The third kappa shape index (κ3) is 1.57. The minimum Gasteiger partial charge on any atom is -0.493 e. The van der Waals surface area contributed by atoms with Crippen molar-refractivity contribution in [2.24, 2.45) is 7.05 Å². The standard InChI is InChI=1S/C8H11N5O2/c1-13-7(6(15-2)4-10-13)8(14)5-3-9-12-11-5/h3-4,8,14H,1-2H3,(H,9,11,12). The Balaban J connectivity index is 2.40. The van der Waals surface area contributed by atoms with Crippen molar-refractivity contribution in [3.63, 3.8) is 0 Å². The average molecular weight is 209 g/mol. The van der Waals surface area contributed by atoms with E-state index in [1.54, 1.807) is 13.2 Å². The molecule has 1 atom stereocenters. The van der Waals surface area contributed by atoms with Gasteiger partial charge in [-0.25, -0.2) is 0 Å². The molecular weight excluding hydrogens is 198 g/mol. The summed E-state index contributed by atoms with van der Waals surface area (Å²) < 4.78 is 6.62. The number of H-pyrrole nitrogens is 1. The van der Waals surface area contributed by atoms with Crippen LogP contribution in [0.3, 0.4) is 0 Å². The van der Waals surface area contributed by atoms with Crippen LogP contribution in [0.5, 0.6) is 5.75 Å². The fraction of sp³-hybridized carbons (Fsp3) is 0.375. The molecule has 7 heteroatoms. The molecule has 2 aromatic rings. The first-order valence-corrected chi connectivity index (χ1v) is 4.33. The van der Waals surface area contributed by atoms with E-state index in [0.29, 0.717) is 17.1 Å². The first-order valence-electron chi connectivity index (χ1n) is 4.33. The van der Waals surface area contributed by atoms with Crippen LogP contribution in [0.25, 0.3) is 0 Å². The Kier molecular flexibility index (Phi) is 2.38. The second kappa shape index (κ2) is 3.70. The quantitative estimate of drug-likeness (QED) is 0.719. The summed E-state index contributed by atoms with van der Waals surface area (Å²) in [6.07, 6.45) is 2.10. The summed E-state index contributed by atoms with van der Waals surface area (Å²) >= 11 is 0. The normalized spacial score (nSPS) is 12.7. The molecule has 0 bridgehead atoms. The number of methoxy groups -OCH3 is 1. The van der Waals surface area contributed by atoms with E-state index in [0.717, 1.165) is 0 Å². The molecular formula is C8H11N5O2. The van der Waals surface area contributed by atoms with Gasteiger partial charge < -0.3 is 9.84 Å². The van der Waals surface area contributed by atoms with Crippen molar-refractivity contribution in [2.75, 3.05) is 7.11 Å². The van der Waals surface area contributed by atoms with E-state index < -0.39 is 6.10 Å². The lowest BCUT2D eigenvalue weighted by Gasteiger charge is -2.09. The highest BCUT2D eigenvalue weighted by atomic mass is 16.5. The molecule has 2 aromatic heterocycles. The SMILES string of the molecule is COc1cnn(C)c1C(O)c1cn[nH]n1. The summed E-state index contributed by atoms with van der Waals surface area (Å²) in [5, 5.41) is 23.9. The van der Waals surface area contributed by atoms with Crippen LogP contribution in [-0.2, 0) is 7.05 Å². The van der Waals surface area contributed by atoms with E-state index in [4.69, 9.17) is 4.74 Å². The number of aliphatic hydroxyl groups is 1. The third-order valence-corrected chi connectivity index (χ3v) is 2.14. The summed E-state index contributed by atoms with van der Waals surface area (Å²) in [6, 6.07) is 0. The summed E-state index contributed by atoms with van der Waals surface area (Å²) in [6.45, 7) is 0. The number of aryl methyl sites for hydroxylation is 1. The van der Waals surface area contributed by atoms with Crippen LogP contribution in [0.1, 0.15) is 17.5 Å². The molecule has 2 rings (SSSR count). The van der Waals surface area contributed by atoms with Crippen LogP contribution in [0.15, 0.2) is 12.4 Å². The largest absolute Gasteiger partial charge is 0.493 e. The zero-order chi connectivity index (χ0) is 10.8. The van der Waals surface area contributed by atoms with Gasteiger partial charge >= 0.3 is 0 Å². The maximum atomic E-state index is 10.00. The first kappa shape index (κ1) is 9.66. The third-order valence-electron chi connectivity index (χ3n) is 2.14. The molecule has 7 nitrogen and oxygen atoms in total. The van der Waals surface area contributed by atoms with E-state index in [1.165, 1.54) is 18.0 Å². The van der Waals surface area contributed by atoms with Crippen molar-refractivity contribution < 1.29 is 9.84 Å². The Morgan fingerprint density at radius 1 is 1.53 bits per heavy atom. The Bertz CT molecular complexity index is 436. The number of nitrogens with one attached hydrogen (secondary N) is 1. The molecule has 2 heterocycles. The molecule has 0 saturated carbocycles. The fourth-order valence-electron chi connectivity index (χ4n) is 1.38. The highest BCUT2D eigenvalue weighted by Gasteiger charge is 2.21. The van der Waals surface area contributed by atoms with E-state index in [9.17, 15) is 5.11 Å². The number of aromatic nitrogens is 5. The maximum absolute atomic E-state index is 10.00. The van der Waals surface area contributed by atoms with Gasteiger partial charge in [-0.2, -0.15) is 20.5 Å². The Labute approximate surface area is 85.7 Å². The van der Waals surface area contributed by atoms with Crippen LogP contribution in [0.4, 0.5) is 0 Å². The summed E-state index contributed by atoms with van der Waals surface area (Å²) in [5.41, 5.74) is 0.975. The molecule has 0 fully saturated rings. The Hall–Kier alpha value is -1.89. The van der Waals surface area contributed by atoms with Crippen LogP contribution < -0.4 is 4.74 Å². The Morgan fingerprint density at radius 2 is 2.33 bits per heavy atom. The number of aromatic amines is 1. The summed E-state index contributed by atoms with van der Waals surface area (Å²) in [7, 11) is 3.25. The molecule has 1 unspecified atom stereocenters. The van der Waals surface area contributed by atoms with Gasteiger partial charge in [-0.1, -0.05) is 0 Å². The van der Waals surface area contributed by atoms with Gasteiger partial charge in [0.15, 0.2) is 5.75 Å². The predicted molar refractivity (Wildman–Crippen MR) is 50.2 cm³/mol. The zero-order valence-corrected chi connectivity index (χ0v) is 8.38. The lowest BCUT2D eigenvalue weighted by Crippen LogP contribution is -2.08. The van der Waals surface area contributed by atoms with Crippen molar-refractivity contribution in [1.82, 2.24) is 25.2 Å². The van der Waals surface area contributed by atoms with Crippen molar-refractivity contribution >= 4 is 0 Å². The topological polar surface area (TPSA) is 88.9 Å². The van der Waals surface area contributed by atoms with Crippen molar-refractivity contribution in [3.8, 4) is 5.75 Å². The van der Waals surface area contributed by atoms with Crippen LogP contribution in [0, 0.1) is 0 Å². The molecule has 0 amide bonds.